The first-order valence-electron chi connectivity index (χ1n) is 8.12. The van der Waals surface area contributed by atoms with Gasteiger partial charge in [0.1, 0.15) is 0 Å². The first kappa shape index (κ1) is 20.8. The van der Waals surface area contributed by atoms with Gasteiger partial charge >= 0.3 is 6.18 Å². The highest BCUT2D eigenvalue weighted by Gasteiger charge is 2.33. The fourth-order valence-electron chi connectivity index (χ4n) is 2.18. The summed E-state index contributed by atoms with van der Waals surface area (Å²) < 4.78 is 38.9. The first-order chi connectivity index (χ1) is 12.7. The Kier molecular flexibility index (Phi) is 6.90. The zero-order chi connectivity index (χ0) is 20.0. The molecule has 0 unspecified atom stereocenters. The number of anilines is 2. The Morgan fingerprint density at radius 3 is 2.30 bits per heavy atom. The highest BCUT2D eigenvalue weighted by atomic mass is 32.2. The van der Waals surface area contributed by atoms with Crippen molar-refractivity contribution in [3.8, 4) is 0 Å². The van der Waals surface area contributed by atoms with Crippen LogP contribution >= 0.6 is 11.8 Å². The summed E-state index contributed by atoms with van der Waals surface area (Å²) in [7, 11) is 0. The van der Waals surface area contributed by atoms with E-state index in [1.54, 1.807) is 12.1 Å². The molecule has 0 aromatic heterocycles. The van der Waals surface area contributed by atoms with Crippen molar-refractivity contribution in [3.05, 3.63) is 59.7 Å². The van der Waals surface area contributed by atoms with Crippen LogP contribution in [0.25, 0.3) is 0 Å². The van der Waals surface area contributed by atoms with Gasteiger partial charge in [-0.25, -0.2) is 0 Å². The number of amides is 2. The van der Waals surface area contributed by atoms with Crippen molar-refractivity contribution in [1.29, 1.82) is 0 Å². The fourth-order valence-corrected chi connectivity index (χ4v) is 2.87. The summed E-state index contributed by atoms with van der Waals surface area (Å²) in [5.74, 6) is -0.886. The Bertz CT molecular complexity index is 807. The van der Waals surface area contributed by atoms with Crippen LogP contribution in [0.2, 0.25) is 0 Å². The Morgan fingerprint density at radius 1 is 1.04 bits per heavy atom. The number of hydrogen-bond acceptors (Lipinski definition) is 3. The molecule has 0 spiro atoms. The molecular weight excluding hydrogens is 377 g/mol. The van der Waals surface area contributed by atoms with E-state index >= 15 is 0 Å². The molecular formula is C19H19F3N2O2S. The summed E-state index contributed by atoms with van der Waals surface area (Å²) in [5, 5.41) is 4.29. The SMILES string of the molecule is Cc1ccc(NC(=O)CS[C@H](C)C(=O)Nc2ccccc2C(F)(F)F)cc1. The van der Waals surface area contributed by atoms with Crippen LogP contribution in [0.15, 0.2) is 48.5 Å². The third kappa shape index (κ3) is 6.32. The molecule has 0 aliphatic rings. The minimum absolute atomic E-state index is 0.00335. The van der Waals surface area contributed by atoms with E-state index < -0.39 is 22.9 Å². The molecule has 2 aromatic rings. The van der Waals surface area contributed by atoms with Crippen molar-refractivity contribution in [3.63, 3.8) is 0 Å². The number of halogens is 3. The van der Waals surface area contributed by atoms with Gasteiger partial charge in [-0.15, -0.1) is 11.8 Å². The first-order valence-corrected chi connectivity index (χ1v) is 9.17. The van der Waals surface area contributed by atoms with E-state index in [-0.39, 0.29) is 17.3 Å². The molecule has 2 N–H and O–H groups in total. The monoisotopic (exact) mass is 396 g/mol. The molecule has 0 bridgehead atoms. The molecule has 0 radical (unpaired) electrons. The highest BCUT2D eigenvalue weighted by Crippen LogP contribution is 2.34. The van der Waals surface area contributed by atoms with Crippen LogP contribution in [0.4, 0.5) is 24.5 Å². The molecule has 0 aliphatic carbocycles. The van der Waals surface area contributed by atoms with E-state index in [1.807, 2.05) is 19.1 Å². The maximum atomic E-state index is 13.0. The van der Waals surface area contributed by atoms with Crippen molar-refractivity contribution in [2.75, 3.05) is 16.4 Å². The highest BCUT2D eigenvalue weighted by molar-refractivity contribution is 8.01. The number of carbonyl (C=O) groups excluding carboxylic acids is 2. The van der Waals surface area contributed by atoms with Crippen molar-refractivity contribution in [2.24, 2.45) is 0 Å². The number of nitrogens with one attached hydrogen (secondary N) is 2. The van der Waals surface area contributed by atoms with Crippen molar-refractivity contribution >= 4 is 35.0 Å². The largest absolute Gasteiger partial charge is 0.418 e. The van der Waals surface area contributed by atoms with E-state index in [1.165, 1.54) is 25.1 Å². The van der Waals surface area contributed by atoms with Crippen LogP contribution in [0.3, 0.4) is 0 Å². The van der Waals surface area contributed by atoms with E-state index in [9.17, 15) is 22.8 Å². The third-order valence-electron chi connectivity index (χ3n) is 3.66. The summed E-state index contributed by atoms with van der Waals surface area (Å²) in [5.41, 5.74) is 0.494. The second-order valence-electron chi connectivity index (χ2n) is 5.90. The third-order valence-corrected chi connectivity index (χ3v) is 4.80. The van der Waals surface area contributed by atoms with Gasteiger partial charge in [0.05, 0.1) is 22.3 Å². The lowest BCUT2D eigenvalue weighted by Crippen LogP contribution is -2.26. The fraction of sp³-hybridized carbons (Fsp3) is 0.263. The lowest BCUT2D eigenvalue weighted by molar-refractivity contribution is -0.137. The van der Waals surface area contributed by atoms with E-state index in [2.05, 4.69) is 10.6 Å². The summed E-state index contributed by atoms with van der Waals surface area (Å²) in [6.07, 6.45) is -4.56. The smallest absolute Gasteiger partial charge is 0.325 e. The average molecular weight is 396 g/mol. The van der Waals surface area contributed by atoms with Gasteiger partial charge in [-0.1, -0.05) is 29.8 Å². The standard InChI is InChI=1S/C19H19F3N2O2S/c1-12-7-9-14(10-8-12)23-17(25)11-27-13(2)18(26)24-16-6-4-3-5-15(16)19(20,21)22/h3-10,13H,11H2,1-2H3,(H,23,25)(H,24,26)/t13-/m1/s1. The van der Waals surface area contributed by atoms with Gasteiger partial charge in [-0.3, -0.25) is 9.59 Å². The number of benzene rings is 2. The molecule has 0 heterocycles. The molecule has 4 nitrogen and oxygen atoms in total. The van der Waals surface area contributed by atoms with Gasteiger partial charge in [-0.2, -0.15) is 13.2 Å². The van der Waals surface area contributed by atoms with Gasteiger partial charge in [0.25, 0.3) is 0 Å². The number of alkyl halides is 3. The number of rotatable bonds is 6. The lowest BCUT2D eigenvalue weighted by atomic mass is 10.1. The van der Waals surface area contributed by atoms with Crippen molar-refractivity contribution in [2.45, 2.75) is 25.3 Å². The summed E-state index contributed by atoms with van der Waals surface area (Å²) >= 11 is 1.04. The predicted octanol–water partition coefficient (Wildman–Crippen LogP) is 4.71. The second kappa shape index (κ2) is 8.94. The zero-order valence-electron chi connectivity index (χ0n) is 14.8. The number of para-hydroxylation sites is 1. The minimum Gasteiger partial charge on any atom is -0.325 e. The predicted molar refractivity (Wildman–Crippen MR) is 102 cm³/mol. The molecule has 144 valence electrons. The van der Waals surface area contributed by atoms with Gasteiger partial charge < -0.3 is 10.6 Å². The van der Waals surface area contributed by atoms with Crippen molar-refractivity contribution in [1.82, 2.24) is 0 Å². The Morgan fingerprint density at radius 2 is 1.67 bits per heavy atom. The topological polar surface area (TPSA) is 58.2 Å². The molecule has 0 fully saturated rings. The van der Waals surface area contributed by atoms with E-state index in [0.29, 0.717) is 5.69 Å². The molecule has 2 aromatic carbocycles. The molecule has 0 saturated carbocycles. The molecule has 0 saturated heterocycles. The Hall–Kier alpha value is -2.48. The summed E-state index contributed by atoms with van der Waals surface area (Å²) in [4.78, 5) is 24.1. The Labute approximate surface area is 159 Å². The minimum atomic E-state index is -4.56. The maximum absolute atomic E-state index is 13.0. The number of aryl methyl sites for hydroxylation is 1. The maximum Gasteiger partial charge on any atom is 0.418 e. The van der Waals surface area contributed by atoms with Gasteiger partial charge in [0.15, 0.2) is 0 Å². The average Bonchev–Trinajstić information content (AvgIpc) is 2.61. The van der Waals surface area contributed by atoms with Gasteiger partial charge in [0.2, 0.25) is 11.8 Å². The van der Waals surface area contributed by atoms with E-state index in [4.69, 9.17) is 0 Å². The van der Waals surface area contributed by atoms with Crippen molar-refractivity contribution < 1.29 is 22.8 Å². The number of carbonyl (C=O) groups is 2. The number of hydrogen-bond donors (Lipinski definition) is 2. The molecule has 1 atom stereocenters. The molecule has 0 aliphatic heterocycles. The van der Waals surface area contributed by atoms with Crippen LogP contribution in [0.5, 0.6) is 0 Å². The molecule has 8 heteroatoms. The molecule has 2 rings (SSSR count). The molecule has 27 heavy (non-hydrogen) atoms. The molecule has 2 amide bonds. The Balaban J connectivity index is 1.89. The summed E-state index contributed by atoms with van der Waals surface area (Å²) in [6.45, 7) is 3.47. The van der Waals surface area contributed by atoms with Crippen LogP contribution in [0, 0.1) is 6.92 Å². The van der Waals surface area contributed by atoms with Crippen LogP contribution < -0.4 is 10.6 Å². The lowest BCUT2D eigenvalue weighted by Gasteiger charge is -2.16. The quantitative estimate of drug-likeness (QED) is 0.743. The summed E-state index contributed by atoms with van der Waals surface area (Å²) in [6, 6.07) is 12.0. The van der Waals surface area contributed by atoms with Crippen LogP contribution in [0.1, 0.15) is 18.1 Å². The zero-order valence-corrected chi connectivity index (χ0v) is 15.6. The van der Waals surface area contributed by atoms with Gasteiger partial charge in [0, 0.05) is 5.69 Å². The van der Waals surface area contributed by atoms with E-state index in [0.717, 1.165) is 23.4 Å². The normalized spacial score (nSPS) is 12.3. The van der Waals surface area contributed by atoms with Crippen LogP contribution in [-0.4, -0.2) is 22.8 Å². The second-order valence-corrected chi connectivity index (χ2v) is 7.23. The van der Waals surface area contributed by atoms with Crippen LogP contribution in [-0.2, 0) is 15.8 Å². The van der Waals surface area contributed by atoms with Gasteiger partial charge in [-0.05, 0) is 38.1 Å². The number of thioether (sulfide) groups is 1.